The van der Waals surface area contributed by atoms with Crippen molar-refractivity contribution < 1.29 is 4.74 Å². The Labute approximate surface area is 128 Å². The van der Waals surface area contributed by atoms with E-state index in [9.17, 15) is 0 Å². The lowest BCUT2D eigenvalue weighted by Crippen LogP contribution is -2.14. The Morgan fingerprint density at radius 3 is 2.75 bits per heavy atom. The molecule has 5 heteroatoms. The Kier molecular flexibility index (Phi) is 5.24. The van der Waals surface area contributed by atoms with Crippen LogP contribution in [0.25, 0.3) is 0 Å². The van der Waals surface area contributed by atoms with Crippen molar-refractivity contribution in [3.63, 3.8) is 0 Å². The highest BCUT2D eigenvalue weighted by Gasteiger charge is 2.11. The summed E-state index contributed by atoms with van der Waals surface area (Å²) in [5, 5.41) is 1.24. The minimum atomic E-state index is -0.193. The van der Waals surface area contributed by atoms with E-state index >= 15 is 0 Å². The Hall–Kier alpha value is -1.29. The van der Waals surface area contributed by atoms with Gasteiger partial charge in [-0.3, -0.25) is 4.98 Å². The van der Waals surface area contributed by atoms with E-state index in [4.69, 9.17) is 33.7 Å². The maximum Gasteiger partial charge on any atom is 0.137 e. The average molecular weight is 311 g/mol. The molecular weight excluding hydrogens is 295 g/mol. The predicted octanol–water partition coefficient (Wildman–Crippen LogP) is 4.03. The van der Waals surface area contributed by atoms with Gasteiger partial charge in [-0.2, -0.15) is 0 Å². The van der Waals surface area contributed by atoms with Gasteiger partial charge in [0.1, 0.15) is 5.75 Å². The Balaban J connectivity index is 2.15. The molecule has 0 amide bonds. The zero-order chi connectivity index (χ0) is 14.5. The van der Waals surface area contributed by atoms with E-state index in [1.807, 2.05) is 25.1 Å². The highest BCUT2D eigenvalue weighted by molar-refractivity contribution is 6.35. The van der Waals surface area contributed by atoms with E-state index in [1.165, 1.54) is 0 Å². The number of ether oxygens (including phenoxy) is 1. The number of nitrogens with zero attached hydrogens (tertiary/aromatic N) is 1. The second-order valence-corrected chi connectivity index (χ2v) is 5.28. The number of halogens is 2. The first kappa shape index (κ1) is 15.1. The first-order valence-corrected chi connectivity index (χ1v) is 7.13. The monoisotopic (exact) mass is 310 g/mol. The fourth-order valence-corrected chi connectivity index (χ4v) is 2.41. The third-order valence-electron chi connectivity index (χ3n) is 2.93. The van der Waals surface area contributed by atoms with Gasteiger partial charge in [0.25, 0.3) is 0 Å². The molecule has 1 atom stereocenters. The highest BCUT2D eigenvalue weighted by Crippen LogP contribution is 2.26. The molecule has 1 heterocycles. The van der Waals surface area contributed by atoms with Crippen LogP contribution in [-0.2, 0) is 6.42 Å². The first-order chi connectivity index (χ1) is 9.60. The first-order valence-electron chi connectivity index (χ1n) is 6.37. The normalized spacial score (nSPS) is 12.2. The van der Waals surface area contributed by atoms with Crippen molar-refractivity contribution in [2.24, 2.45) is 5.73 Å². The molecule has 1 aromatic heterocycles. The van der Waals surface area contributed by atoms with Crippen molar-refractivity contribution >= 4 is 23.2 Å². The number of pyridine rings is 1. The molecule has 2 rings (SSSR count). The Morgan fingerprint density at radius 2 is 2.05 bits per heavy atom. The number of aromatic nitrogens is 1. The zero-order valence-corrected chi connectivity index (χ0v) is 12.7. The van der Waals surface area contributed by atoms with Crippen molar-refractivity contribution in [3.8, 4) is 5.75 Å². The van der Waals surface area contributed by atoms with Gasteiger partial charge in [0.15, 0.2) is 0 Å². The molecule has 0 saturated heterocycles. The second kappa shape index (κ2) is 6.93. The Bertz CT molecular complexity index is 590. The lowest BCUT2D eigenvalue weighted by molar-refractivity contribution is 0.338. The summed E-state index contributed by atoms with van der Waals surface area (Å²) >= 11 is 12.0. The minimum Gasteiger partial charge on any atom is -0.492 e. The predicted molar refractivity (Wildman–Crippen MR) is 82.5 cm³/mol. The van der Waals surface area contributed by atoms with Gasteiger partial charge in [0.05, 0.1) is 12.8 Å². The maximum atomic E-state index is 6.21. The molecule has 0 radical (unpaired) electrons. The highest BCUT2D eigenvalue weighted by atomic mass is 35.5. The van der Waals surface area contributed by atoms with Crippen LogP contribution >= 0.6 is 23.2 Å². The van der Waals surface area contributed by atoms with Crippen LogP contribution in [0.2, 0.25) is 10.0 Å². The standard InChI is InChI=1S/C15H16Cl2N2O/c1-2-20-13-5-11(8-19-9-13)15(18)6-10-3-4-12(16)7-14(10)17/h3-5,7-9,15H,2,6,18H2,1H3. The molecule has 3 nitrogen and oxygen atoms in total. The van der Waals surface area contributed by atoms with E-state index in [0.29, 0.717) is 23.1 Å². The van der Waals surface area contributed by atoms with Gasteiger partial charge in [-0.05, 0) is 42.7 Å². The summed E-state index contributed by atoms with van der Waals surface area (Å²) in [5.41, 5.74) is 8.09. The average Bonchev–Trinajstić information content (AvgIpc) is 2.42. The third-order valence-corrected chi connectivity index (χ3v) is 3.52. The van der Waals surface area contributed by atoms with Crippen molar-refractivity contribution in [1.29, 1.82) is 0 Å². The van der Waals surface area contributed by atoms with E-state index in [-0.39, 0.29) is 6.04 Å². The minimum absolute atomic E-state index is 0.193. The second-order valence-electron chi connectivity index (χ2n) is 4.43. The lowest BCUT2D eigenvalue weighted by atomic mass is 10.0. The molecule has 20 heavy (non-hydrogen) atoms. The molecule has 2 N–H and O–H groups in total. The summed E-state index contributed by atoms with van der Waals surface area (Å²) in [6.07, 6.45) is 4.04. The van der Waals surface area contributed by atoms with Crippen LogP contribution in [0.4, 0.5) is 0 Å². The topological polar surface area (TPSA) is 48.1 Å². The molecule has 0 spiro atoms. The van der Waals surface area contributed by atoms with Crippen molar-refractivity contribution in [2.45, 2.75) is 19.4 Å². The van der Waals surface area contributed by atoms with Crippen LogP contribution in [0.15, 0.2) is 36.7 Å². The van der Waals surface area contributed by atoms with Gasteiger partial charge < -0.3 is 10.5 Å². The van der Waals surface area contributed by atoms with E-state index in [1.54, 1.807) is 18.5 Å². The molecule has 0 aliphatic rings. The molecule has 0 aliphatic carbocycles. The van der Waals surface area contributed by atoms with Gasteiger partial charge >= 0.3 is 0 Å². The molecule has 1 unspecified atom stereocenters. The molecule has 106 valence electrons. The van der Waals surface area contributed by atoms with Crippen LogP contribution in [0, 0.1) is 0 Å². The summed E-state index contributed by atoms with van der Waals surface area (Å²) in [6.45, 7) is 2.53. The largest absolute Gasteiger partial charge is 0.492 e. The third kappa shape index (κ3) is 3.85. The van der Waals surface area contributed by atoms with Crippen LogP contribution in [-0.4, -0.2) is 11.6 Å². The van der Waals surface area contributed by atoms with Gasteiger partial charge in [0, 0.05) is 22.3 Å². The molecule has 0 aliphatic heterocycles. The lowest BCUT2D eigenvalue weighted by Gasteiger charge is -2.14. The molecule has 2 aromatic rings. The number of benzene rings is 1. The van der Waals surface area contributed by atoms with Gasteiger partial charge in [-0.15, -0.1) is 0 Å². The van der Waals surface area contributed by atoms with Gasteiger partial charge in [-0.25, -0.2) is 0 Å². The smallest absolute Gasteiger partial charge is 0.137 e. The fourth-order valence-electron chi connectivity index (χ4n) is 1.93. The zero-order valence-electron chi connectivity index (χ0n) is 11.1. The van der Waals surface area contributed by atoms with Crippen molar-refractivity contribution in [3.05, 3.63) is 57.8 Å². The molecular formula is C15H16Cl2N2O. The summed E-state index contributed by atoms with van der Waals surface area (Å²) in [7, 11) is 0. The van der Waals surface area contributed by atoms with Crippen LogP contribution in [0.1, 0.15) is 24.1 Å². The van der Waals surface area contributed by atoms with E-state index < -0.39 is 0 Å². The van der Waals surface area contributed by atoms with Crippen molar-refractivity contribution in [1.82, 2.24) is 4.98 Å². The molecule has 1 aromatic carbocycles. The molecule has 0 saturated carbocycles. The van der Waals surface area contributed by atoms with Crippen LogP contribution in [0.5, 0.6) is 5.75 Å². The number of rotatable bonds is 5. The number of hydrogen-bond donors (Lipinski definition) is 1. The molecule has 0 fully saturated rings. The van der Waals surface area contributed by atoms with Crippen LogP contribution < -0.4 is 10.5 Å². The summed E-state index contributed by atoms with van der Waals surface area (Å²) in [5.74, 6) is 0.725. The van der Waals surface area contributed by atoms with E-state index in [0.717, 1.165) is 16.9 Å². The van der Waals surface area contributed by atoms with Gasteiger partial charge in [0.2, 0.25) is 0 Å². The quantitative estimate of drug-likeness (QED) is 0.907. The van der Waals surface area contributed by atoms with Gasteiger partial charge in [-0.1, -0.05) is 29.3 Å². The summed E-state index contributed by atoms with van der Waals surface area (Å²) in [4.78, 5) is 4.14. The molecule has 0 bridgehead atoms. The van der Waals surface area contributed by atoms with E-state index in [2.05, 4.69) is 4.98 Å². The van der Waals surface area contributed by atoms with Crippen molar-refractivity contribution in [2.75, 3.05) is 6.61 Å². The summed E-state index contributed by atoms with van der Waals surface area (Å²) < 4.78 is 5.42. The summed E-state index contributed by atoms with van der Waals surface area (Å²) in [6, 6.07) is 7.14. The maximum absolute atomic E-state index is 6.21. The fraction of sp³-hybridized carbons (Fsp3) is 0.267. The number of hydrogen-bond acceptors (Lipinski definition) is 3. The SMILES string of the molecule is CCOc1cncc(C(N)Cc2ccc(Cl)cc2Cl)c1. The van der Waals surface area contributed by atoms with Crippen LogP contribution in [0.3, 0.4) is 0 Å². The number of nitrogens with two attached hydrogens (primary N) is 1. The Morgan fingerprint density at radius 1 is 1.25 bits per heavy atom.